The van der Waals surface area contributed by atoms with Gasteiger partial charge in [0.15, 0.2) is 6.61 Å². The van der Waals surface area contributed by atoms with Gasteiger partial charge in [0.25, 0.3) is 0 Å². The van der Waals surface area contributed by atoms with Crippen molar-refractivity contribution < 1.29 is 4.74 Å². The molecule has 88 valence electrons. The number of rotatable bonds is 4. The van der Waals surface area contributed by atoms with E-state index in [1.54, 1.807) is 13.1 Å². The largest absolute Gasteiger partial charge is 0.485 e. The van der Waals surface area contributed by atoms with Crippen molar-refractivity contribution >= 4 is 17.2 Å². The van der Waals surface area contributed by atoms with Gasteiger partial charge in [-0.05, 0) is 17.3 Å². The third-order valence-corrected chi connectivity index (χ3v) is 2.28. The van der Waals surface area contributed by atoms with Crippen molar-refractivity contribution in [2.24, 2.45) is 12.8 Å². The van der Waals surface area contributed by atoms with Crippen molar-refractivity contribution in [3.05, 3.63) is 35.7 Å². The zero-order valence-electron chi connectivity index (χ0n) is 9.20. The zero-order valence-corrected chi connectivity index (χ0v) is 10.0. The minimum absolute atomic E-state index is 0.230. The quantitative estimate of drug-likeness (QED) is 0.791. The third kappa shape index (κ3) is 2.76. The summed E-state index contributed by atoms with van der Waals surface area (Å²) in [4.78, 5) is 1.67. The zero-order chi connectivity index (χ0) is 12.3. The lowest BCUT2D eigenvalue weighted by Crippen LogP contribution is -2.11. The molecular weight excluding hydrogens is 238 g/mol. The molecule has 2 aromatic rings. The number of aryl methyl sites for hydroxylation is 1. The molecule has 2 N–H and O–H groups in total. The molecule has 0 aliphatic rings. The molecule has 1 aromatic heterocycles. The minimum atomic E-state index is 0.230. The molecule has 2 rings (SSSR count). The Morgan fingerprint density at radius 3 is 2.88 bits per heavy atom. The summed E-state index contributed by atoms with van der Waals surface area (Å²) in [6.45, 7) is 0.230. The van der Waals surface area contributed by atoms with Gasteiger partial charge in [0.1, 0.15) is 10.7 Å². The molecule has 7 heteroatoms. The van der Waals surface area contributed by atoms with Gasteiger partial charge in [-0.2, -0.15) is 4.80 Å². The van der Waals surface area contributed by atoms with Crippen LogP contribution in [0.1, 0.15) is 11.4 Å². The van der Waals surface area contributed by atoms with Crippen molar-refractivity contribution in [1.29, 1.82) is 0 Å². The number of nitrogens with two attached hydrogens (primary N) is 1. The Morgan fingerprint density at radius 1 is 1.47 bits per heavy atom. The number of tetrazole rings is 1. The molecule has 0 amide bonds. The molecule has 0 unspecified atom stereocenters. The van der Waals surface area contributed by atoms with E-state index in [2.05, 4.69) is 15.4 Å². The van der Waals surface area contributed by atoms with E-state index in [4.69, 9.17) is 22.7 Å². The minimum Gasteiger partial charge on any atom is -0.485 e. The number of ether oxygens (including phenoxy) is 1. The summed E-state index contributed by atoms with van der Waals surface area (Å²) >= 11 is 4.93. The molecular formula is C10H11N5OS. The maximum absolute atomic E-state index is 5.59. The van der Waals surface area contributed by atoms with Gasteiger partial charge in [0.05, 0.1) is 12.6 Å². The average Bonchev–Trinajstić information content (AvgIpc) is 2.73. The van der Waals surface area contributed by atoms with E-state index in [0.717, 1.165) is 0 Å². The van der Waals surface area contributed by atoms with Gasteiger partial charge >= 0.3 is 0 Å². The predicted octanol–water partition coefficient (Wildman–Crippen LogP) is 0.423. The van der Waals surface area contributed by atoms with E-state index in [0.29, 0.717) is 22.1 Å². The summed E-state index contributed by atoms with van der Waals surface area (Å²) in [5, 5.41) is 11.5. The number of para-hydroxylation sites is 1. The number of thiocarbonyl (C=S) groups is 1. The maximum atomic E-state index is 5.59. The van der Waals surface area contributed by atoms with Gasteiger partial charge in [-0.1, -0.05) is 24.4 Å². The van der Waals surface area contributed by atoms with Crippen molar-refractivity contribution in [1.82, 2.24) is 20.2 Å². The molecule has 1 aromatic carbocycles. The molecule has 0 radical (unpaired) electrons. The molecule has 17 heavy (non-hydrogen) atoms. The van der Waals surface area contributed by atoms with Gasteiger partial charge in [-0.3, -0.25) is 0 Å². The first-order valence-corrected chi connectivity index (χ1v) is 5.32. The summed E-state index contributed by atoms with van der Waals surface area (Å²) in [7, 11) is 1.69. The standard InChI is InChI=1S/C10H11N5OS/c1-15-13-9(12-14-15)6-16-8-5-3-2-4-7(8)10(11)17/h2-5H,6H2,1H3,(H2,11,17). The topological polar surface area (TPSA) is 78.8 Å². The molecule has 0 bridgehead atoms. The Balaban J connectivity index is 2.11. The van der Waals surface area contributed by atoms with E-state index in [1.807, 2.05) is 18.2 Å². The van der Waals surface area contributed by atoms with Gasteiger partial charge < -0.3 is 10.5 Å². The van der Waals surface area contributed by atoms with Crippen LogP contribution in [0.25, 0.3) is 0 Å². The Bertz CT molecular complexity index is 539. The van der Waals surface area contributed by atoms with E-state index < -0.39 is 0 Å². The van der Waals surface area contributed by atoms with Gasteiger partial charge in [0.2, 0.25) is 5.82 Å². The molecule has 0 fully saturated rings. The molecule has 0 saturated carbocycles. The maximum Gasteiger partial charge on any atom is 0.212 e. The Morgan fingerprint density at radius 2 is 2.24 bits per heavy atom. The van der Waals surface area contributed by atoms with Crippen molar-refractivity contribution in [3.63, 3.8) is 0 Å². The van der Waals surface area contributed by atoms with Crippen molar-refractivity contribution in [2.75, 3.05) is 0 Å². The summed E-state index contributed by atoms with van der Waals surface area (Å²) in [5.41, 5.74) is 6.29. The first-order valence-electron chi connectivity index (χ1n) is 4.91. The van der Waals surface area contributed by atoms with Crippen LogP contribution in [0.15, 0.2) is 24.3 Å². The Kier molecular flexibility index (Phi) is 3.29. The lowest BCUT2D eigenvalue weighted by atomic mass is 10.2. The number of hydrogen-bond donors (Lipinski definition) is 1. The van der Waals surface area contributed by atoms with Crippen LogP contribution < -0.4 is 10.5 Å². The van der Waals surface area contributed by atoms with Crippen LogP contribution in [0.2, 0.25) is 0 Å². The van der Waals surface area contributed by atoms with E-state index in [9.17, 15) is 0 Å². The Labute approximate surface area is 103 Å². The first-order chi connectivity index (χ1) is 8.16. The van der Waals surface area contributed by atoms with E-state index in [-0.39, 0.29) is 6.61 Å². The fourth-order valence-corrected chi connectivity index (χ4v) is 1.49. The van der Waals surface area contributed by atoms with Gasteiger partial charge in [0, 0.05) is 0 Å². The third-order valence-electron chi connectivity index (χ3n) is 2.06. The Hall–Kier alpha value is -2.02. The molecule has 0 saturated heterocycles. The summed E-state index contributed by atoms with van der Waals surface area (Å²) in [6, 6.07) is 7.30. The molecule has 0 atom stereocenters. The molecule has 1 heterocycles. The highest BCUT2D eigenvalue weighted by Gasteiger charge is 2.07. The highest BCUT2D eigenvalue weighted by Crippen LogP contribution is 2.18. The second-order valence-corrected chi connectivity index (χ2v) is 3.78. The predicted molar refractivity (Wildman–Crippen MR) is 65.5 cm³/mol. The second kappa shape index (κ2) is 4.88. The average molecular weight is 249 g/mol. The molecule has 0 aliphatic carbocycles. The van der Waals surface area contributed by atoms with Crippen molar-refractivity contribution in [2.45, 2.75) is 6.61 Å². The van der Waals surface area contributed by atoms with Crippen LogP contribution >= 0.6 is 12.2 Å². The smallest absolute Gasteiger partial charge is 0.212 e. The van der Waals surface area contributed by atoms with Crippen LogP contribution in [-0.4, -0.2) is 25.2 Å². The normalized spacial score (nSPS) is 10.2. The number of nitrogens with zero attached hydrogens (tertiary/aromatic N) is 4. The van der Waals surface area contributed by atoms with E-state index in [1.165, 1.54) is 4.80 Å². The molecule has 0 spiro atoms. The van der Waals surface area contributed by atoms with Crippen LogP contribution in [0.3, 0.4) is 0 Å². The fraction of sp³-hybridized carbons (Fsp3) is 0.200. The summed E-state index contributed by atoms with van der Waals surface area (Å²) < 4.78 is 5.55. The number of aromatic nitrogens is 4. The lowest BCUT2D eigenvalue weighted by Gasteiger charge is -2.08. The van der Waals surface area contributed by atoms with Gasteiger partial charge in [-0.25, -0.2) is 0 Å². The molecule has 0 aliphatic heterocycles. The van der Waals surface area contributed by atoms with E-state index >= 15 is 0 Å². The highest BCUT2D eigenvalue weighted by atomic mass is 32.1. The second-order valence-electron chi connectivity index (χ2n) is 3.34. The number of hydrogen-bond acceptors (Lipinski definition) is 5. The van der Waals surface area contributed by atoms with Crippen LogP contribution in [0.5, 0.6) is 5.75 Å². The summed E-state index contributed by atoms with van der Waals surface area (Å²) in [6.07, 6.45) is 0. The number of benzene rings is 1. The molecule has 6 nitrogen and oxygen atoms in total. The lowest BCUT2D eigenvalue weighted by molar-refractivity contribution is 0.295. The van der Waals surface area contributed by atoms with Gasteiger partial charge in [-0.15, -0.1) is 10.2 Å². The fourth-order valence-electron chi connectivity index (χ4n) is 1.32. The summed E-state index contributed by atoms with van der Waals surface area (Å²) in [5.74, 6) is 1.12. The van der Waals surface area contributed by atoms with Crippen molar-refractivity contribution in [3.8, 4) is 5.75 Å². The first kappa shape index (κ1) is 11.5. The van der Waals surface area contributed by atoms with Crippen LogP contribution in [0.4, 0.5) is 0 Å². The van der Waals surface area contributed by atoms with Crippen LogP contribution in [0, 0.1) is 0 Å². The SMILES string of the molecule is Cn1nnc(COc2ccccc2C(N)=S)n1. The monoisotopic (exact) mass is 249 g/mol. The highest BCUT2D eigenvalue weighted by molar-refractivity contribution is 7.80. The van der Waals surface area contributed by atoms with Crippen LogP contribution in [-0.2, 0) is 13.7 Å².